The van der Waals surface area contributed by atoms with Crippen molar-refractivity contribution in [1.29, 1.82) is 0 Å². The summed E-state index contributed by atoms with van der Waals surface area (Å²) >= 11 is 0. The minimum Gasteiger partial charge on any atom is -0.0776 e. The number of rotatable bonds is 7. The molecule has 0 aromatic heterocycles. The molecule has 0 aliphatic rings. The van der Waals surface area contributed by atoms with E-state index < -0.39 is 0 Å². The van der Waals surface area contributed by atoms with Gasteiger partial charge in [-0.2, -0.15) is 0 Å². The van der Waals surface area contributed by atoms with Crippen LogP contribution in [-0.4, -0.2) is 0 Å². The predicted octanol–water partition coefficient (Wildman–Crippen LogP) is 11.3. The number of aryl methyl sites for hydroxylation is 1. The van der Waals surface area contributed by atoms with E-state index in [9.17, 15) is 0 Å². The number of hydrogen-bond donors (Lipinski definition) is 0. The Hall–Kier alpha value is -2.60. The fraction of sp³-hybridized carbons (Fsp3) is 0.394. The average molecular weight is 445 g/mol. The molecule has 33 heavy (non-hydrogen) atoms. The number of hydrogen-bond acceptors (Lipinski definition) is 0. The molecule has 4 aromatic rings. The van der Waals surface area contributed by atoms with E-state index in [2.05, 4.69) is 93.6 Å². The van der Waals surface area contributed by atoms with E-state index in [1.54, 1.807) is 0 Å². The van der Waals surface area contributed by atoms with Crippen LogP contribution in [0.3, 0.4) is 0 Å². The Balaban J connectivity index is 0.00000256. The highest BCUT2D eigenvalue weighted by Crippen LogP contribution is 2.40. The summed E-state index contributed by atoms with van der Waals surface area (Å²) in [4.78, 5) is 0. The largest absolute Gasteiger partial charge is 0.0776 e. The lowest BCUT2D eigenvalue weighted by atomic mass is 9.82. The van der Waals surface area contributed by atoms with Gasteiger partial charge in [0.25, 0.3) is 0 Å². The standard InChI is InChI=1S/C29H32.4CH4/c1-4-6-11-22(5-2)20-28-26-14-8-7-12-24(26)25-13-9-10-15-27(25)29(28)23-18-16-21(3)17-19-23;;;;/h7-10,12-19,22H,4-6,11,20H2,1-3H3;4*1H4. The maximum absolute atomic E-state index is 2.36. The van der Waals surface area contributed by atoms with Crippen LogP contribution in [-0.2, 0) is 6.42 Å². The van der Waals surface area contributed by atoms with Gasteiger partial charge in [-0.25, -0.2) is 0 Å². The summed E-state index contributed by atoms with van der Waals surface area (Å²) in [6.07, 6.45) is 6.32. The first-order valence-corrected chi connectivity index (χ1v) is 11.2. The molecule has 0 saturated carbocycles. The number of benzene rings is 4. The molecule has 4 rings (SSSR count). The van der Waals surface area contributed by atoms with Gasteiger partial charge >= 0.3 is 0 Å². The van der Waals surface area contributed by atoms with Crippen LogP contribution in [0, 0.1) is 12.8 Å². The van der Waals surface area contributed by atoms with Gasteiger partial charge in [0.15, 0.2) is 0 Å². The van der Waals surface area contributed by atoms with E-state index in [-0.39, 0.29) is 29.7 Å². The zero-order chi connectivity index (χ0) is 20.2. The minimum atomic E-state index is 0. The van der Waals surface area contributed by atoms with Gasteiger partial charge in [0, 0.05) is 0 Å². The molecular weight excluding hydrogens is 396 g/mol. The molecule has 0 heterocycles. The SMILES string of the molecule is C.C.C.C.CCCCC(CC)Cc1c(-c2ccc(C)cc2)c2ccccc2c2ccccc12. The van der Waals surface area contributed by atoms with E-state index in [0.29, 0.717) is 0 Å². The van der Waals surface area contributed by atoms with Crippen molar-refractivity contribution < 1.29 is 0 Å². The molecule has 0 radical (unpaired) electrons. The second-order valence-corrected chi connectivity index (χ2v) is 8.43. The summed E-state index contributed by atoms with van der Waals surface area (Å²) in [5, 5.41) is 5.57. The fourth-order valence-corrected chi connectivity index (χ4v) is 4.71. The first kappa shape index (κ1) is 30.4. The Bertz CT molecular complexity index is 1100. The molecule has 0 aliphatic heterocycles. The third-order valence-electron chi connectivity index (χ3n) is 6.42. The van der Waals surface area contributed by atoms with Gasteiger partial charge in [0.05, 0.1) is 0 Å². The van der Waals surface area contributed by atoms with Gasteiger partial charge in [-0.1, -0.05) is 148 Å². The molecule has 180 valence electrons. The van der Waals surface area contributed by atoms with Crippen LogP contribution in [0.25, 0.3) is 32.7 Å². The van der Waals surface area contributed by atoms with Crippen LogP contribution in [0.1, 0.15) is 80.4 Å². The smallest absolute Gasteiger partial charge is 0.00668 e. The van der Waals surface area contributed by atoms with Crippen molar-refractivity contribution in [2.75, 3.05) is 0 Å². The van der Waals surface area contributed by atoms with E-state index in [1.165, 1.54) is 69.5 Å². The Labute approximate surface area is 205 Å². The normalized spacial score (nSPS) is 11.0. The predicted molar refractivity (Wildman–Crippen MR) is 156 cm³/mol. The summed E-state index contributed by atoms with van der Waals surface area (Å²) in [6.45, 7) is 6.83. The molecule has 0 nitrogen and oxygen atoms in total. The topological polar surface area (TPSA) is 0 Å². The zero-order valence-corrected chi connectivity index (χ0v) is 18.0. The third-order valence-corrected chi connectivity index (χ3v) is 6.42. The highest BCUT2D eigenvalue weighted by Gasteiger charge is 2.18. The lowest BCUT2D eigenvalue weighted by Gasteiger charge is -2.22. The molecule has 0 amide bonds. The third kappa shape index (κ3) is 6.26. The molecule has 0 saturated heterocycles. The van der Waals surface area contributed by atoms with Gasteiger partial charge in [-0.3, -0.25) is 0 Å². The van der Waals surface area contributed by atoms with Gasteiger partial charge < -0.3 is 0 Å². The van der Waals surface area contributed by atoms with Crippen LogP contribution in [0.2, 0.25) is 0 Å². The van der Waals surface area contributed by atoms with Crippen molar-refractivity contribution >= 4 is 21.5 Å². The summed E-state index contributed by atoms with van der Waals surface area (Å²) in [7, 11) is 0. The van der Waals surface area contributed by atoms with Gasteiger partial charge in [0.1, 0.15) is 0 Å². The van der Waals surface area contributed by atoms with E-state index in [0.717, 1.165) is 12.3 Å². The van der Waals surface area contributed by atoms with E-state index in [4.69, 9.17) is 0 Å². The molecule has 0 bridgehead atoms. The summed E-state index contributed by atoms with van der Waals surface area (Å²) in [5.41, 5.74) is 5.63. The second-order valence-electron chi connectivity index (χ2n) is 8.43. The zero-order valence-electron chi connectivity index (χ0n) is 18.0. The van der Waals surface area contributed by atoms with E-state index >= 15 is 0 Å². The molecular formula is C33H48. The monoisotopic (exact) mass is 444 g/mol. The van der Waals surface area contributed by atoms with Crippen LogP contribution in [0.15, 0.2) is 72.8 Å². The van der Waals surface area contributed by atoms with Crippen molar-refractivity contribution in [1.82, 2.24) is 0 Å². The molecule has 0 heteroatoms. The number of fused-ring (bicyclic) bond motifs is 3. The maximum Gasteiger partial charge on any atom is -0.00668 e. The lowest BCUT2D eigenvalue weighted by Crippen LogP contribution is -2.06. The first-order chi connectivity index (χ1) is 14.2. The fourth-order valence-electron chi connectivity index (χ4n) is 4.71. The lowest BCUT2D eigenvalue weighted by molar-refractivity contribution is 0.451. The van der Waals surface area contributed by atoms with E-state index in [1.807, 2.05) is 0 Å². The molecule has 1 unspecified atom stereocenters. The Morgan fingerprint density at radius 2 is 1.15 bits per heavy atom. The summed E-state index contributed by atoms with van der Waals surface area (Å²) < 4.78 is 0. The Kier molecular flexibility index (Phi) is 12.7. The van der Waals surface area contributed by atoms with Crippen molar-refractivity contribution in [3.8, 4) is 11.1 Å². The van der Waals surface area contributed by atoms with Crippen LogP contribution in [0.5, 0.6) is 0 Å². The molecule has 0 spiro atoms. The van der Waals surface area contributed by atoms with Gasteiger partial charge in [0.2, 0.25) is 0 Å². The summed E-state index contributed by atoms with van der Waals surface area (Å²) in [6, 6.07) is 27.1. The molecule has 0 aliphatic carbocycles. The Morgan fingerprint density at radius 3 is 1.70 bits per heavy atom. The maximum atomic E-state index is 2.36. The van der Waals surface area contributed by atoms with Gasteiger partial charge in [-0.15, -0.1) is 0 Å². The highest BCUT2D eigenvalue weighted by atomic mass is 14.2. The molecule has 0 N–H and O–H groups in total. The quantitative estimate of drug-likeness (QED) is 0.249. The first-order valence-electron chi connectivity index (χ1n) is 11.2. The van der Waals surface area contributed by atoms with Crippen molar-refractivity contribution in [2.45, 2.75) is 82.6 Å². The highest BCUT2D eigenvalue weighted by molar-refractivity contribution is 6.15. The second kappa shape index (κ2) is 13.8. The van der Waals surface area contributed by atoms with Crippen molar-refractivity contribution in [2.24, 2.45) is 5.92 Å². The Morgan fingerprint density at radius 1 is 0.636 bits per heavy atom. The minimum absolute atomic E-state index is 0. The number of unbranched alkanes of at least 4 members (excludes halogenated alkanes) is 1. The summed E-state index contributed by atoms with van der Waals surface area (Å²) in [5.74, 6) is 0.740. The molecule has 1 atom stereocenters. The van der Waals surface area contributed by atoms with Gasteiger partial charge in [-0.05, 0) is 57.5 Å². The van der Waals surface area contributed by atoms with Crippen LogP contribution in [0.4, 0.5) is 0 Å². The van der Waals surface area contributed by atoms with Crippen LogP contribution >= 0.6 is 0 Å². The average Bonchev–Trinajstić information content (AvgIpc) is 2.77. The van der Waals surface area contributed by atoms with Crippen LogP contribution < -0.4 is 0 Å². The molecule has 4 aromatic carbocycles. The molecule has 0 fully saturated rings. The van der Waals surface area contributed by atoms with Crippen molar-refractivity contribution in [3.05, 3.63) is 83.9 Å². The van der Waals surface area contributed by atoms with Crippen molar-refractivity contribution in [3.63, 3.8) is 0 Å².